The van der Waals surface area contributed by atoms with Crippen molar-refractivity contribution >= 4 is 6.09 Å². The molecule has 6 nitrogen and oxygen atoms in total. The average Bonchev–Trinajstić information content (AvgIpc) is 2.66. The van der Waals surface area contributed by atoms with Gasteiger partial charge in [-0.2, -0.15) is 4.98 Å². The number of rotatable bonds is 2. The summed E-state index contributed by atoms with van der Waals surface area (Å²) >= 11 is 0. The first-order valence-corrected chi connectivity index (χ1v) is 7.62. The Balaban J connectivity index is 2.00. The van der Waals surface area contributed by atoms with E-state index in [1.165, 1.54) is 0 Å². The van der Waals surface area contributed by atoms with Crippen molar-refractivity contribution in [3.8, 4) is 5.88 Å². The van der Waals surface area contributed by atoms with Gasteiger partial charge in [0.2, 0.25) is 5.88 Å². The third-order valence-electron chi connectivity index (χ3n) is 3.39. The van der Waals surface area contributed by atoms with Crippen LogP contribution in [0, 0.1) is 13.8 Å². The third-order valence-corrected chi connectivity index (χ3v) is 3.39. The Hall–Kier alpha value is -1.85. The predicted molar refractivity (Wildman–Crippen MR) is 82.9 cm³/mol. The number of ether oxygens (including phenoxy) is 2. The lowest BCUT2D eigenvalue weighted by molar-refractivity contribution is 0.0223. The van der Waals surface area contributed by atoms with Crippen LogP contribution in [0.3, 0.4) is 0 Å². The molecule has 1 aliphatic heterocycles. The van der Waals surface area contributed by atoms with Gasteiger partial charge in [0, 0.05) is 24.2 Å². The van der Waals surface area contributed by atoms with Crippen molar-refractivity contribution in [3.05, 3.63) is 17.6 Å². The van der Waals surface area contributed by atoms with Crippen molar-refractivity contribution < 1.29 is 14.3 Å². The molecule has 22 heavy (non-hydrogen) atoms. The number of amides is 1. The molecule has 1 aromatic rings. The molecule has 2 heterocycles. The van der Waals surface area contributed by atoms with E-state index in [1.54, 1.807) is 4.90 Å². The molecule has 0 spiro atoms. The Morgan fingerprint density at radius 3 is 2.59 bits per heavy atom. The smallest absolute Gasteiger partial charge is 0.410 e. The summed E-state index contributed by atoms with van der Waals surface area (Å²) in [6.45, 7) is 11.9. The molecule has 2 rings (SSSR count). The Kier molecular flexibility index (Phi) is 4.58. The molecule has 0 bridgehead atoms. The number of hydrogen-bond acceptors (Lipinski definition) is 5. The van der Waals surface area contributed by atoms with E-state index in [0.717, 1.165) is 12.1 Å². The fourth-order valence-electron chi connectivity index (χ4n) is 2.56. The van der Waals surface area contributed by atoms with Crippen LogP contribution in [0.2, 0.25) is 0 Å². The van der Waals surface area contributed by atoms with Gasteiger partial charge in [0.1, 0.15) is 17.5 Å². The van der Waals surface area contributed by atoms with Crippen molar-refractivity contribution in [2.24, 2.45) is 0 Å². The van der Waals surface area contributed by atoms with Crippen molar-refractivity contribution in [2.75, 3.05) is 6.54 Å². The minimum absolute atomic E-state index is 0.0729. The monoisotopic (exact) mass is 307 g/mol. The van der Waals surface area contributed by atoms with Crippen LogP contribution in [0.1, 0.15) is 45.6 Å². The van der Waals surface area contributed by atoms with Gasteiger partial charge in [-0.1, -0.05) is 0 Å². The van der Waals surface area contributed by atoms with Gasteiger partial charge in [-0.05, 0) is 41.5 Å². The largest absolute Gasteiger partial charge is 0.472 e. The summed E-state index contributed by atoms with van der Waals surface area (Å²) in [7, 11) is 0. The lowest BCUT2D eigenvalue weighted by Gasteiger charge is -2.26. The van der Waals surface area contributed by atoms with Gasteiger partial charge in [0.05, 0.1) is 6.54 Å². The predicted octanol–water partition coefficient (Wildman–Crippen LogP) is 2.87. The summed E-state index contributed by atoms with van der Waals surface area (Å²) in [5, 5.41) is 0. The molecule has 1 aromatic heterocycles. The van der Waals surface area contributed by atoms with Crippen LogP contribution in [-0.2, 0) is 4.74 Å². The highest BCUT2D eigenvalue weighted by Crippen LogP contribution is 2.24. The summed E-state index contributed by atoms with van der Waals surface area (Å²) in [6, 6.07) is 1.90. The zero-order valence-corrected chi connectivity index (χ0v) is 14.2. The average molecular weight is 307 g/mol. The molecule has 1 saturated heterocycles. The molecule has 122 valence electrons. The molecule has 1 fully saturated rings. The molecular formula is C16H25N3O3. The summed E-state index contributed by atoms with van der Waals surface area (Å²) < 4.78 is 11.4. The summed E-state index contributed by atoms with van der Waals surface area (Å²) in [5.74, 6) is 1.25. The van der Waals surface area contributed by atoms with Crippen LogP contribution in [0.4, 0.5) is 4.79 Å². The summed E-state index contributed by atoms with van der Waals surface area (Å²) in [5.41, 5.74) is 0.383. The van der Waals surface area contributed by atoms with Gasteiger partial charge in [-0.15, -0.1) is 0 Å². The maximum Gasteiger partial charge on any atom is 0.410 e. The third kappa shape index (κ3) is 4.32. The van der Waals surface area contributed by atoms with Gasteiger partial charge in [0.15, 0.2) is 0 Å². The van der Waals surface area contributed by atoms with Gasteiger partial charge in [0.25, 0.3) is 0 Å². The molecule has 1 amide bonds. The normalized spacial score (nSPS) is 21.8. The molecule has 0 aliphatic carbocycles. The van der Waals surface area contributed by atoms with Crippen molar-refractivity contribution in [3.63, 3.8) is 0 Å². The van der Waals surface area contributed by atoms with E-state index in [9.17, 15) is 4.79 Å². The van der Waals surface area contributed by atoms with E-state index >= 15 is 0 Å². The number of aryl methyl sites for hydroxylation is 2. The first-order chi connectivity index (χ1) is 10.1. The highest BCUT2D eigenvalue weighted by atomic mass is 16.6. The van der Waals surface area contributed by atoms with Gasteiger partial charge < -0.3 is 14.4 Å². The highest BCUT2D eigenvalue weighted by Gasteiger charge is 2.36. The Labute approximate surface area is 131 Å². The summed E-state index contributed by atoms with van der Waals surface area (Å²) in [4.78, 5) is 22.4. The molecule has 6 heteroatoms. The van der Waals surface area contributed by atoms with Crippen molar-refractivity contribution in [2.45, 2.75) is 65.7 Å². The molecule has 0 radical (unpaired) electrons. The van der Waals surface area contributed by atoms with Crippen LogP contribution < -0.4 is 4.74 Å². The maximum absolute atomic E-state index is 12.2. The zero-order valence-electron chi connectivity index (χ0n) is 14.2. The number of likely N-dealkylation sites (tertiary alicyclic amines) is 1. The van der Waals surface area contributed by atoms with Gasteiger partial charge in [-0.25, -0.2) is 9.78 Å². The zero-order chi connectivity index (χ0) is 16.5. The van der Waals surface area contributed by atoms with Gasteiger partial charge in [-0.3, -0.25) is 0 Å². The minimum Gasteiger partial charge on any atom is -0.472 e. The van der Waals surface area contributed by atoms with E-state index in [-0.39, 0.29) is 18.2 Å². The molecule has 0 saturated carbocycles. The number of carbonyl (C=O) groups is 1. The topological polar surface area (TPSA) is 64.5 Å². The van der Waals surface area contributed by atoms with Gasteiger partial charge >= 0.3 is 6.09 Å². The second-order valence-electron chi connectivity index (χ2n) is 6.85. The van der Waals surface area contributed by atoms with Crippen LogP contribution in [0.25, 0.3) is 0 Å². The van der Waals surface area contributed by atoms with E-state index in [0.29, 0.717) is 18.2 Å². The van der Waals surface area contributed by atoms with E-state index < -0.39 is 5.60 Å². The molecule has 2 atom stereocenters. The second-order valence-corrected chi connectivity index (χ2v) is 6.85. The Morgan fingerprint density at radius 2 is 2.00 bits per heavy atom. The molecule has 1 aliphatic rings. The fraction of sp³-hybridized carbons (Fsp3) is 0.688. The van der Waals surface area contributed by atoms with E-state index in [4.69, 9.17) is 9.47 Å². The van der Waals surface area contributed by atoms with Crippen LogP contribution in [0.15, 0.2) is 6.07 Å². The first-order valence-electron chi connectivity index (χ1n) is 7.62. The lowest BCUT2D eigenvalue weighted by Crippen LogP contribution is -2.39. The molecule has 0 N–H and O–H groups in total. The van der Waals surface area contributed by atoms with Crippen molar-refractivity contribution in [1.82, 2.24) is 14.9 Å². The highest BCUT2D eigenvalue weighted by molar-refractivity contribution is 5.69. The quantitative estimate of drug-likeness (QED) is 0.840. The van der Waals surface area contributed by atoms with Crippen LogP contribution in [0.5, 0.6) is 5.88 Å². The minimum atomic E-state index is -0.489. The van der Waals surface area contributed by atoms with Crippen molar-refractivity contribution in [1.29, 1.82) is 0 Å². The number of nitrogens with zero attached hydrogens (tertiary/aromatic N) is 3. The second kappa shape index (κ2) is 6.10. The Bertz CT molecular complexity index is 534. The molecular weight excluding hydrogens is 282 g/mol. The maximum atomic E-state index is 12.2. The van der Waals surface area contributed by atoms with Crippen LogP contribution >= 0.6 is 0 Å². The SMILES string of the molecule is Cc1cc(O[C@@H]2C[C@H](C)N(C(=O)OC(C)(C)C)C2)nc(C)n1. The number of carbonyl (C=O) groups excluding carboxylic acids is 1. The van der Waals surface area contributed by atoms with Crippen LogP contribution in [-0.4, -0.2) is 45.3 Å². The summed E-state index contributed by atoms with van der Waals surface area (Å²) in [6.07, 6.45) is 0.402. The number of hydrogen-bond donors (Lipinski definition) is 0. The molecule has 0 aromatic carbocycles. The standard InChI is InChI=1S/C16H25N3O3/c1-10-7-14(18-12(3)17-10)21-13-8-11(2)19(9-13)15(20)22-16(4,5)6/h7,11,13H,8-9H2,1-6H3/t11-,13+/m0/s1. The fourth-order valence-corrected chi connectivity index (χ4v) is 2.56. The Morgan fingerprint density at radius 1 is 1.32 bits per heavy atom. The first kappa shape index (κ1) is 16.5. The van der Waals surface area contributed by atoms with E-state index in [1.807, 2.05) is 47.6 Å². The molecule has 0 unspecified atom stereocenters. The number of aromatic nitrogens is 2. The van der Waals surface area contributed by atoms with E-state index in [2.05, 4.69) is 9.97 Å². The lowest BCUT2D eigenvalue weighted by atomic mass is 10.2.